The standard InChI is InChI=1S/C19H15ClN2O5S2/c1-27-19(24)16-10-11-28-18(16)21-17(23)12-2-6-14(7-3-12)22-29(25,26)15-8-4-13(20)5-9-15/h2-11,22H,1H3,(H,21,23). The van der Waals surface area contributed by atoms with Crippen molar-refractivity contribution in [1.29, 1.82) is 0 Å². The number of esters is 1. The smallest absolute Gasteiger partial charge is 0.340 e. The van der Waals surface area contributed by atoms with Gasteiger partial charge in [0.25, 0.3) is 15.9 Å². The van der Waals surface area contributed by atoms with Crippen molar-refractivity contribution < 1.29 is 22.7 Å². The third-order valence-corrected chi connectivity index (χ3v) is 6.30. The average Bonchev–Trinajstić information content (AvgIpc) is 3.16. The number of nitrogens with one attached hydrogen (secondary N) is 2. The first-order valence-electron chi connectivity index (χ1n) is 8.16. The number of amides is 1. The van der Waals surface area contributed by atoms with E-state index in [1.165, 1.54) is 67.0 Å². The molecule has 1 aromatic heterocycles. The molecule has 3 rings (SSSR count). The Kier molecular flexibility index (Phi) is 6.21. The average molecular weight is 451 g/mol. The van der Waals surface area contributed by atoms with Gasteiger partial charge in [0.2, 0.25) is 0 Å². The first-order valence-corrected chi connectivity index (χ1v) is 10.9. The number of benzene rings is 2. The maximum absolute atomic E-state index is 12.4. The van der Waals surface area contributed by atoms with Crippen molar-refractivity contribution in [3.8, 4) is 0 Å². The molecule has 0 aliphatic carbocycles. The highest BCUT2D eigenvalue weighted by Gasteiger charge is 2.17. The van der Waals surface area contributed by atoms with E-state index in [-0.39, 0.29) is 10.5 Å². The summed E-state index contributed by atoms with van der Waals surface area (Å²) >= 11 is 6.97. The summed E-state index contributed by atoms with van der Waals surface area (Å²) in [5.41, 5.74) is 0.852. The molecule has 0 saturated carbocycles. The normalized spacial score (nSPS) is 11.0. The van der Waals surface area contributed by atoms with Crippen LogP contribution in [0.3, 0.4) is 0 Å². The van der Waals surface area contributed by atoms with Crippen LogP contribution in [0.1, 0.15) is 20.7 Å². The van der Waals surface area contributed by atoms with Gasteiger partial charge in [0.05, 0.1) is 17.6 Å². The lowest BCUT2D eigenvalue weighted by Gasteiger charge is -2.09. The van der Waals surface area contributed by atoms with Crippen molar-refractivity contribution in [1.82, 2.24) is 0 Å². The van der Waals surface area contributed by atoms with Crippen LogP contribution in [-0.4, -0.2) is 27.4 Å². The molecule has 0 unspecified atom stereocenters. The summed E-state index contributed by atoms with van der Waals surface area (Å²) in [6, 6.07) is 13.2. The maximum Gasteiger partial charge on any atom is 0.340 e. The number of carbonyl (C=O) groups excluding carboxylic acids is 2. The summed E-state index contributed by atoms with van der Waals surface area (Å²) in [5, 5.41) is 5.11. The Bertz CT molecular complexity index is 1140. The van der Waals surface area contributed by atoms with Crippen LogP contribution in [0.15, 0.2) is 64.9 Å². The number of hydrogen-bond donors (Lipinski definition) is 2. The second kappa shape index (κ2) is 8.64. The number of sulfonamides is 1. The van der Waals surface area contributed by atoms with E-state index < -0.39 is 21.9 Å². The summed E-state index contributed by atoms with van der Waals surface area (Å²) in [5.74, 6) is -0.988. The van der Waals surface area contributed by atoms with Crippen LogP contribution in [0.2, 0.25) is 5.02 Å². The molecule has 3 aromatic rings. The topological polar surface area (TPSA) is 102 Å². The van der Waals surface area contributed by atoms with Gasteiger partial charge < -0.3 is 10.1 Å². The number of anilines is 2. The van der Waals surface area contributed by atoms with E-state index in [1.807, 2.05) is 0 Å². The van der Waals surface area contributed by atoms with Crippen LogP contribution in [0.4, 0.5) is 10.7 Å². The molecule has 0 bridgehead atoms. The number of rotatable bonds is 6. The molecule has 0 spiro atoms. The zero-order chi connectivity index (χ0) is 21.0. The predicted octanol–water partition coefficient (Wildman–Crippen LogP) is 4.24. The van der Waals surface area contributed by atoms with E-state index in [9.17, 15) is 18.0 Å². The highest BCUT2D eigenvalue weighted by Crippen LogP contribution is 2.25. The van der Waals surface area contributed by atoms with Gasteiger partial charge in [-0.1, -0.05) is 11.6 Å². The van der Waals surface area contributed by atoms with Gasteiger partial charge in [-0.05, 0) is 60.0 Å². The Hall–Kier alpha value is -2.88. The first-order chi connectivity index (χ1) is 13.8. The molecule has 150 valence electrons. The number of hydrogen-bond acceptors (Lipinski definition) is 6. The Labute approximate surface area is 176 Å². The lowest BCUT2D eigenvalue weighted by molar-refractivity contribution is 0.0602. The number of ether oxygens (including phenoxy) is 1. The van der Waals surface area contributed by atoms with Gasteiger partial charge in [0.15, 0.2) is 0 Å². The van der Waals surface area contributed by atoms with Crippen LogP contribution >= 0.6 is 22.9 Å². The second-order valence-corrected chi connectivity index (χ2v) is 8.78. The quantitative estimate of drug-likeness (QED) is 0.547. The van der Waals surface area contributed by atoms with Crippen LogP contribution in [0.25, 0.3) is 0 Å². The molecule has 10 heteroatoms. The van der Waals surface area contributed by atoms with Gasteiger partial charge in [-0.2, -0.15) is 0 Å². The van der Waals surface area contributed by atoms with E-state index in [1.54, 1.807) is 11.4 Å². The molecule has 1 heterocycles. The van der Waals surface area contributed by atoms with Gasteiger partial charge in [-0.3, -0.25) is 9.52 Å². The number of thiophene rings is 1. The number of methoxy groups -OCH3 is 1. The van der Waals surface area contributed by atoms with Gasteiger partial charge in [-0.25, -0.2) is 13.2 Å². The molecule has 0 aliphatic heterocycles. The molecule has 1 amide bonds. The van der Waals surface area contributed by atoms with Gasteiger partial charge in [0, 0.05) is 16.3 Å². The molecule has 0 fully saturated rings. The van der Waals surface area contributed by atoms with Crippen molar-refractivity contribution in [2.45, 2.75) is 4.90 Å². The van der Waals surface area contributed by atoms with Crippen molar-refractivity contribution in [3.63, 3.8) is 0 Å². The van der Waals surface area contributed by atoms with E-state index in [0.717, 1.165) is 0 Å². The minimum Gasteiger partial charge on any atom is -0.465 e. The largest absolute Gasteiger partial charge is 0.465 e. The highest BCUT2D eigenvalue weighted by atomic mass is 35.5. The fourth-order valence-corrected chi connectivity index (χ4v) is 4.32. The molecular weight excluding hydrogens is 436 g/mol. The fraction of sp³-hybridized carbons (Fsp3) is 0.0526. The first kappa shape index (κ1) is 20.8. The van der Waals surface area contributed by atoms with E-state index >= 15 is 0 Å². The zero-order valence-corrected chi connectivity index (χ0v) is 17.4. The summed E-state index contributed by atoms with van der Waals surface area (Å²) in [6.07, 6.45) is 0. The van der Waals surface area contributed by atoms with E-state index in [2.05, 4.69) is 14.8 Å². The third-order valence-electron chi connectivity index (χ3n) is 3.82. The van der Waals surface area contributed by atoms with Crippen molar-refractivity contribution >= 4 is 55.5 Å². The van der Waals surface area contributed by atoms with Gasteiger partial charge in [-0.15, -0.1) is 11.3 Å². The second-order valence-electron chi connectivity index (χ2n) is 5.75. The summed E-state index contributed by atoms with van der Waals surface area (Å²) in [4.78, 5) is 24.2. The number of halogens is 1. The summed E-state index contributed by atoms with van der Waals surface area (Å²) in [6.45, 7) is 0. The Morgan fingerprint density at radius 2 is 1.66 bits per heavy atom. The lowest BCUT2D eigenvalue weighted by Crippen LogP contribution is -2.15. The van der Waals surface area contributed by atoms with Crippen LogP contribution in [0, 0.1) is 0 Å². The van der Waals surface area contributed by atoms with E-state index in [4.69, 9.17) is 11.6 Å². The van der Waals surface area contributed by atoms with Crippen molar-refractivity contribution in [2.24, 2.45) is 0 Å². The minimum absolute atomic E-state index is 0.0664. The third kappa shape index (κ3) is 4.94. The van der Waals surface area contributed by atoms with Crippen LogP contribution < -0.4 is 10.0 Å². The zero-order valence-electron chi connectivity index (χ0n) is 15.0. The summed E-state index contributed by atoms with van der Waals surface area (Å²) in [7, 11) is -2.52. The molecule has 0 aliphatic rings. The Morgan fingerprint density at radius 3 is 2.28 bits per heavy atom. The lowest BCUT2D eigenvalue weighted by atomic mass is 10.2. The molecule has 7 nitrogen and oxygen atoms in total. The Balaban J connectivity index is 1.71. The predicted molar refractivity (Wildman–Crippen MR) is 112 cm³/mol. The molecule has 0 saturated heterocycles. The van der Waals surface area contributed by atoms with Gasteiger partial charge in [0.1, 0.15) is 5.00 Å². The van der Waals surface area contributed by atoms with Crippen molar-refractivity contribution in [3.05, 3.63) is 76.1 Å². The highest BCUT2D eigenvalue weighted by molar-refractivity contribution is 7.92. The van der Waals surface area contributed by atoms with Gasteiger partial charge >= 0.3 is 5.97 Å². The van der Waals surface area contributed by atoms with Crippen molar-refractivity contribution in [2.75, 3.05) is 17.1 Å². The maximum atomic E-state index is 12.4. The van der Waals surface area contributed by atoms with Crippen LogP contribution in [-0.2, 0) is 14.8 Å². The molecule has 0 atom stereocenters. The monoisotopic (exact) mass is 450 g/mol. The molecular formula is C19H15ClN2O5S2. The Morgan fingerprint density at radius 1 is 1.00 bits per heavy atom. The van der Waals surface area contributed by atoms with Crippen LogP contribution in [0.5, 0.6) is 0 Å². The van der Waals surface area contributed by atoms with E-state index in [0.29, 0.717) is 21.3 Å². The number of carbonyl (C=O) groups is 2. The molecule has 0 radical (unpaired) electrons. The molecule has 2 aromatic carbocycles. The fourth-order valence-electron chi connectivity index (χ4n) is 2.37. The minimum atomic E-state index is -3.78. The molecule has 29 heavy (non-hydrogen) atoms. The SMILES string of the molecule is COC(=O)c1ccsc1NC(=O)c1ccc(NS(=O)(=O)c2ccc(Cl)cc2)cc1. The molecule has 2 N–H and O–H groups in total. The summed E-state index contributed by atoms with van der Waals surface area (Å²) < 4.78 is 31.9.